The maximum Gasteiger partial charge on any atom is 0.332 e. The van der Waals surface area contributed by atoms with E-state index in [1.807, 2.05) is 24.3 Å². The van der Waals surface area contributed by atoms with E-state index in [1.54, 1.807) is 7.05 Å². The predicted molar refractivity (Wildman–Crippen MR) is 92.8 cm³/mol. The monoisotopic (exact) mass is 348 g/mol. The molecule has 0 radical (unpaired) electrons. The van der Waals surface area contributed by atoms with Crippen LogP contribution in [0.2, 0.25) is 0 Å². The number of imidazole rings is 1. The number of fused-ring (bicyclic) bond motifs is 1. The molecule has 0 fully saturated rings. The van der Waals surface area contributed by atoms with Crippen LogP contribution in [0, 0.1) is 0 Å². The van der Waals surface area contributed by atoms with E-state index < -0.39 is 11.2 Å². The number of aryl methyl sites for hydroxylation is 1. The molecule has 0 aliphatic rings. The van der Waals surface area contributed by atoms with Crippen LogP contribution in [0.5, 0.6) is 5.75 Å². The van der Waals surface area contributed by atoms with Gasteiger partial charge in [0.25, 0.3) is 5.56 Å². The van der Waals surface area contributed by atoms with E-state index in [0.29, 0.717) is 35.2 Å². The zero-order valence-electron chi connectivity index (χ0n) is 13.4. The summed E-state index contributed by atoms with van der Waals surface area (Å²) in [6, 6.07) is 7.37. The molecular weight excluding hydrogens is 332 g/mol. The number of hydrogen-bond acceptors (Lipinski definition) is 4. The van der Waals surface area contributed by atoms with Gasteiger partial charge in [0.15, 0.2) is 5.65 Å². The van der Waals surface area contributed by atoms with E-state index in [9.17, 15) is 9.59 Å². The van der Waals surface area contributed by atoms with Gasteiger partial charge in [-0.2, -0.15) is 0 Å². The first-order valence-electron chi connectivity index (χ1n) is 7.48. The van der Waals surface area contributed by atoms with Crippen LogP contribution in [-0.2, 0) is 14.1 Å². The number of nitrogens with one attached hydrogen (secondary N) is 1. The molecule has 0 aliphatic heterocycles. The van der Waals surface area contributed by atoms with Crippen LogP contribution in [0.1, 0.15) is 6.42 Å². The van der Waals surface area contributed by atoms with Crippen molar-refractivity contribution >= 4 is 22.8 Å². The van der Waals surface area contributed by atoms with E-state index in [1.165, 1.54) is 11.6 Å². The van der Waals surface area contributed by atoms with Crippen molar-refractivity contribution in [2.24, 2.45) is 14.1 Å². The Bertz CT molecular complexity index is 1000. The summed E-state index contributed by atoms with van der Waals surface area (Å²) in [7, 11) is 3.02. The van der Waals surface area contributed by atoms with Crippen LogP contribution in [0.4, 0.5) is 0 Å². The van der Waals surface area contributed by atoms with Gasteiger partial charge in [-0.3, -0.25) is 13.9 Å². The Morgan fingerprint density at radius 1 is 1.25 bits per heavy atom. The number of ether oxygens (including phenoxy) is 1. The summed E-state index contributed by atoms with van der Waals surface area (Å²) in [5.74, 6) is 1.74. The van der Waals surface area contributed by atoms with Crippen molar-refractivity contribution in [1.82, 2.24) is 19.1 Å². The molecule has 0 spiro atoms. The Morgan fingerprint density at radius 3 is 2.79 bits per heavy atom. The lowest BCUT2D eigenvalue weighted by Crippen LogP contribution is -2.36. The fourth-order valence-corrected chi connectivity index (χ4v) is 2.55. The molecule has 0 aliphatic carbocycles. The van der Waals surface area contributed by atoms with Gasteiger partial charge >= 0.3 is 5.69 Å². The number of halogens is 1. The summed E-state index contributed by atoms with van der Waals surface area (Å²) in [4.78, 5) is 31.6. The van der Waals surface area contributed by atoms with Gasteiger partial charge in [0, 0.05) is 25.5 Å². The normalized spacial score (nSPS) is 11.1. The summed E-state index contributed by atoms with van der Waals surface area (Å²) < 4.78 is 8.02. The number of rotatable bonds is 5. The van der Waals surface area contributed by atoms with Gasteiger partial charge in [-0.1, -0.05) is 12.1 Å². The molecule has 0 bridgehead atoms. The molecule has 0 saturated carbocycles. The van der Waals surface area contributed by atoms with Crippen LogP contribution >= 0.6 is 11.6 Å². The van der Waals surface area contributed by atoms with Gasteiger partial charge < -0.3 is 9.72 Å². The lowest BCUT2D eigenvalue weighted by Gasteiger charge is -2.05. The first-order chi connectivity index (χ1) is 11.5. The predicted octanol–water partition coefficient (Wildman–Crippen LogP) is 1.63. The topological polar surface area (TPSA) is 81.9 Å². The van der Waals surface area contributed by atoms with Crippen molar-refractivity contribution in [2.75, 3.05) is 12.5 Å². The molecule has 3 aromatic rings. The van der Waals surface area contributed by atoms with Gasteiger partial charge in [0.1, 0.15) is 17.1 Å². The molecule has 0 unspecified atom stereocenters. The summed E-state index contributed by atoms with van der Waals surface area (Å²) in [6.07, 6.45) is 0.759. The first-order valence-corrected chi connectivity index (χ1v) is 8.01. The second-order valence-corrected chi connectivity index (χ2v) is 5.79. The molecule has 7 nitrogen and oxygen atoms in total. The maximum absolute atomic E-state index is 12.2. The lowest BCUT2D eigenvalue weighted by molar-refractivity contribution is 0.318. The molecule has 1 N–H and O–H groups in total. The van der Waals surface area contributed by atoms with E-state index in [0.717, 1.165) is 16.6 Å². The molecule has 2 heterocycles. The smallest absolute Gasteiger partial charge is 0.332 e. The zero-order chi connectivity index (χ0) is 17.3. The molecular formula is C16H17ClN4O3. The Morgan fingerprint density at radius 2 is 2.04 bits per heavy atom. The molecule has 126 valence electrons. The van der Waals surface area contributed by atoms with Gasteiger partial charge in [-0.05, 0) is 18.6 Å². The van der Waals surface area contributed by atoms with Gasteiger partial charge in [-0.25, -0.2) is 9.78 Å². The second-order valence-electron chi connectivity index (χ2n) is 5.41. The fourth-order valence-electron chi connectivity index (χ4n) is 2.44. The van der Waals surface area contributed by atoms with Gasteiger partial charge in [0.2, 0.25) is 0 Å². The lowest BCUT2D eigenvalue weighted by atomic mass is 10.2. The van der Waals surface area contributed by atoms with Crippen molar-refractivity contribution in [3.05, 3.63) is 45.1 Å². The average molecular weight is 349 g/mol. The third-order valence-electron chi connectivity index (χ3n) is 3.75. The van der Waals surface area contributed by atoms with Crippen LogP contribution in [0.3, 0.4) is 0 Å². The Hall–Kier alpha value is -2.54. The third kappa shape index (κ3) is 2.82. The number of benzene rings is 1. The van der Waals surface area contributed by atoms with Crippen molar-refractivity contribution in [3.63, 3.8) is 0 Å². The minimum atomic E-state index is -0.413. The second kappa shape index (κ2) is 6.52. The van der Waals surface area contributed by atoms with Crippen LogP contribution in [0.25, 0.3) is 22.6 Å². The molecule has 8 heteroatoms. The molecule has 3 rings (SSSR count). The highest BCUT2D eigenvalue weighted by atomic mass is 35.5. The number of H-pyrrole nitrogens is 1. The molecule has 24 heavy (non-hydrogen) atoms. The fraction of sp³-hybridized carbons (Fsp3) is 0.312. The minimum Gasteiger partial charge on any atom is -0.494 e. The highest BCUT2D eigenvalue weighted by Crippen LogP contribution is 2.23. The van der Waals surface area contributed by atoms with Crippen molar-refractivity contribution in [3.8, 4) is 17.1 Å². The summed E-state index contributed by atoms with van der Waals surface area (Å²) in [6.45, 7) is 0.530. The van der Waals surface area contributed by atoms with Crippen molar-refractivity contribution in [2.45, 2.75) is 6.42 Å². The molecule has 0 atom stereocenters. The van der Waals surface area contributed by atoms with Crippen LogP contribution in [0.15, 0.2) is 33.9 Å². The number of hydrogen-bond donors (Lipinski definition) is 1. The SMILES string of the molecule is Cn1c(=O)c2[nH]c(-c3cccc(OCCCCl)c3)nc2n(C)c1=O. The molecule has 0 saturated heterocycles. The standard InChI is InChI=1S/C16H17ClN4O3/c1-20-14-12(15(22)21(2)16(20)23)18-13(19-14)10-5-3-6-11(9-10)24-8-4-7-17/h3,5-6,9H,4,7-8H2,1-2H3,(H,18,19). The Labute approximate surface area is 142 Å². The quantitative estimate of drug-likeness (QED) is 0.561. The largest absolute Gasteiger partial charge is 0.494 e. The number of aromatic amines is 1. The Balaban J connectivity index is 2.06. The Kier molecular flexibility index (Phi) is 4.44. The number of alkyl halides is 1. The molecule has 2 aromatic heterocycles. The average Bonchev–Trinajstić information content (AvgIpc) is 3.04. The highest BCUT2D eigenvalue weighted by molar-refractivity contribution is 6.17. The summed E-state index contributed by atoms with van der Waals surface area (Å²) in [5, 5.41) is 0. The zero-order valence-corrected chi connectivity index (χ0v) is 14.1. The summed E-state index contributed by atoms with van der Waals surface area (Å²) >= 11 is 5.64. The maximum atomic E-state index is 12.2. The van der Waals surface area contributed by atoms with Gasteiger partial charge in [0.05, 0.1) is 6.61 Å². The van der Waals surface area contributed by atoms with Gasteiger partial charge in [-0.15, -0.1) is 11.6 Å². The summed E-state index contributed by atoms with van der Waals surface area (Å²) in [5.41, 5.74) is 0.573. The number of aromatic nitrogens is 4. The van der Waals surface area contributed by atoms with E-state index in [-0.39, 0.29) is 0 Å². The minimum absolute atomic E-state index is 0.295. The van der Waals surface area contributed by atoms with E-state index in [2.05, 4.69) is 9.97 Å². The molecule has 0 amide bonds. The van der Waals surface area contributed by atoms with Crippen LogP contribution < -0.4 is 16.0 Å². The molecule has 1 aromatic carbocycles. The first kappa shape index (κ1) is 16.3. The number of nitrogens with zero attached hydrogens (tertiary/aromatic N) is 3. The van der Waals surface area contributed by atoms with E-state index in [4.69, 9.17) is 16.3 Å². The highest BCUT2D eigenvalue weighted by Gasteiger charge is 2.14. The third-order valence-corrected chi connectivity index (χ3v) is 4.02. The van der Waals surface area contributed by atoms with Crippen LogP contribution in [-0.4, -0.2) is 31.6 Å². The van der Waals surface area contributed by atoms with Crippen molar-refractivity contribution in [1.29, 1.82) is 0 Å². The van der Waals surface area contributed by atoms with Crippen molar-refractivity contribution < 1.29 is 4.74 Å². The van der Waals surface area contributed by atoms with E-state index >= 15 is 0 Å².